The van der Waals surface area contributed by atoms with E-state index in [2.05, 4.69) is 19.9 Å². The first-order valence-electron chi connectivity index (χ1n) is 10.9. The predicted octanol–water partition coefficient (Wildman–Crippen LogP) is 4.06. The van der Waals surface area contributed by atoms with Gasteiger partial charge >= 0.3 is 0 Å². The summed E-state index contributed by atoms with van der Waals surface area (Å²) in [5.74, 6) is 2.03. The fraction of sp³-hybridized carbons (Fsp3) is 0.913. The molecule has 0 heterocycles. The third kappa shape index (κ3) is 2.49. The second-order valence-corrected chi connectivity index (χ2v) is 10.6. The van der Waals surface area contributed by atoms with Gasteiger partial charge in [0.1, 0.15) is 0 Å². The molecule has 0 saturated heterocycles. The molecule has 3 nitrogen and oxygen atoms in total. The van der Waals surface area contributed by atoms with E-state index in [4.69, 9.17) is 0 Å². The molecule has 0 radical (unpaired) electrons. The van der Waals surface area contributed by atoms with Crippen LogP contribution in [0.25, 0.3) is 0 Å². The third-order valence-corrected chi connectivity index (χ3v) is 9.63. The summed E-state index contributed by atoms with van der Waals surface area (Å²) in [6, 6.07) is 0. The largest absolute Gasteiger partial charge is 0.393 e. The van der Waals surface area contributed by atoms with Crippen molar-refractivity contribution in [2.75, 3.05) is 6.61 Å². The summed E-state index contributed by atoms with van der Waals surface area (Å²) in [7, 11) is 0. The molecule has 0 aromatic rings. The molecule has 0 amide bonds. The van der Waals surface area contributed by atoms with E-state index in [1.807, 2.05) is 6.92 Å². The normalized spacial score (nSPS) is 54.4. The quantitative estimate of drug-likeness (QED) is 0.649. The molecule has 0 spiro atoms. The molecule has 0 aromatic heterocycles. The van der Waals surface area contributed by atoms with Crippen LogP contribution in [0.5, 0.6) is 0 Å². The molecule has 8 atom stereocenters. The number of rotatable bonds is 2. The van der Waals surface area contributed by atoms with Gasteiger partial charge in [0.15, 0.2) is 0 Å². The molecule has 4 rings (SSSR count). The number of allylic oxidation sites excluding steroid dienone is 1. The minimum absolute atomic E-state index is 0.0536. The Hall–Kier alpha value is -0.380. The van der Waals surface area contributed by atoms with Crippen molar-refractivity contribution >= 4 is 0 Å². The summed E-state index contributed by atoms with van der Waals surface area (Å²) in [5.41, 5.74) is 0.729. The van der Waals surface area contributed by atoms with Crippen LogP contribution in [-0.4, -0.2) is 33.6 Å². The van der Waals surface area contributed by atoms with E-state index in [1.54, 1.807) is 0 Å². The molecule has 3 heteroatoms. The minimum Gasteiger partial charge on any atom is -0.393 e. The fourth-order valence-corrected chi connectivity index (χ4v) is 7.91. The van der Waals surface area contributed by atoms with Gasteiger partial charge in [-0.25, -0.2) is 0 Å². The first-order chi connectivity index (χ1) is 12.2. The molecule has 4 saturated carbocycles. The average molecular weight is 363 g/mol. The van der Waals surface area contributed by atoms with Crippen molar-refractivity contribution in [3.05, 3.63) is 11.6 Å². The summed E-state index contributed by atoms with van der Waals surface area (Å²) >= 11 is 0. The summed E-state index contributed by atoms with van der Waals surface area (Å²) in [5, 5.41) is 31.7. The number of hydrogen-bond donors (Lipinski definition) is 3. The molecule has 0 aromatic carbocycles. The Labute approximate surface area is 158 Å². The first kappa shape index (κ1) is 19.0. The lowest BCUT2D eigenvalue weighted by molar-refractivity contribution is -0.207. The molecule has 0 bridgehead atoms. The van der Waals surface area contributed by atoms with Crippen LogP contribution in [-0.2, 0) is 0 Å². The van der Waals surface area contributed by atoms with Crippen LogP contribution in [0.2, 0.25) is 0 Å². The van der Waals surface area contributed by atoms with Crippen LogP contribution in [0.1, 0.15) is 78.6 Å². The molecule has 0 aliphatic heterocycles. The lowest BCUT2D eigenvalue weighted by atomic mass is 9.43. The highest BCUT2D eigenvalue weighted by molar-refractivity contribution is 5.20. The summed E-state index contributed by atoms with van der Waals surface area (Å²) in [6.45, 7) is 6.92. The zero-order valence-corrected chi connectivity index (χ0v) is 16.9. The van der Waals surface area contributed by atoms with Crippen molar-refractivity contribution in [3.63, 3.8) is 0 Å². The summed E-state index contributed by atoms with van der Waals surface area (Å²) < 4.78 is 0. The second kappa shape index (κ2) is 6.32. The molecule has 26 heavy (non-hydrogen) atoms. The van der Waals surface area contributed by atoms with Crippen molar-refractivity contribution < 1.29 is 15.3 Å². The van der Waals surface area contributed by atoms with Gasteiger partial charge in [0.2, 0.25) is 0 Å². The topological polar surface area (TPSA) is 60.7 Å². The molecular formula is C23H38O3. The highest BCUT2D eigenvalue weighted by Crippen LogP contribution is 2.69. The van der Waals surface area contributed by atoms with E-state index in [9.17, 15) is 15.3 Å². The maximum Gasteiger partial charge on any atom is 0.0737 e. The monoisotopic (exact) mass is 362 g/mol. The Bertz CT molecular complexity index is 586. The van der Waals surface area contributed by atoms with Crippen molar-refractivity contribution in [2.45, 2.75) is 90.3 Å². The van der Waals surface area contributed by atoms with Crippen LogP contribution in [0.3, 0.4) is 0 Å². The van der Waals surface area contributed by atoms with Crippen LogP contribution in [0, 0.1) is 34.5 Å². The minimum atomic E-state index is -0.559. The second-order valence-electron chi connectivity index (χ2n) is 10.6. The van der Waals surface area contributed by atoms with E-state index >= 15 is 0 Å². The first-order valence-corrected chi connectivity index (χ1v) is 10.9. The number of aliphatic hydroxyl groups is 3. The van der Waals surface area contributed by atoms with E-state index in [-0.39, 0.29) is 18.1 Å². The van der Waals surface area contributed by atoms with E-state index in [0.29, 0.717) is 29.1 Å². The maximum atomic E-state index is 12.0. The molecule has 148 valence electrons. The lowest BCUT2D eigenvalue weighted by Crippen LogP contribution is -2.62. The van der Waals surface area contributed by atoms with Gasteiger partial charge in [-0.3, -0.25) is 0 Å². The number of aliphatic hydroxyl groups excluding tert-OH is 2. The highest BCUT2D eigenvalue weighted by Gasteiger charge is 2.66. The number of fused-ring (bicyclic) bond motifs is 5. The molecule has 0 unspecified atom stereocenters. The smallest absolute Gasteiger partial charge is 0.0737 e. The summed E-state index contributed by atoms with van der Waals surface area (Å²) in [4.78, 5) is 0. The van der Waals surface area contributed by atoms with Crippen LogP contribution >= 0.6 is 0 Å². The van der Waals surface area contributed by atoms with E-state index < -0.39 is 5.60 Å². The zero-order chi connectivity index (χ0) is 18.7. The third-order valence-electron chi connectivity index (χ3n) is 9.63. The van der Waals surface area contributed by atoms with Crippen molar-refractivity contribution in [1.82, 2.24) is 0 Å². The maximum absolute atomic E-state index is 12.0. The number of hydrogen-bond acceptors (Lipinski definition) is 3. The van der Waals surface area contributed by atoms with Crippen LogP contribution in [0.4, 0.5) is 0 Å². The van der Waals surface area contributed by atoms with Gasteiger partial charge in [-0.1, -0.05) is 25.5 Å². The van der Waals surface area contributed by atoms with Gasteiger partial charge in [-0.15, -0.1) is 0 Å². The molecule has 3 N–H and O–H groups in total. The standard InChI is InChI=1S/C23H38O3/c1-15(14-24)12-17-6-11-23(26)20-5-4-16-13-18(25)7-9-21(16,2)19(20)8-10-22(17,23)3/h12,16-20,24-26H,4-11,13-14H2,1-3H3/b15-12+/t16-,17-,18+,19+,20-,21+,22-,23+/m1/s1. The highest BCUT2D eigenvalue weighted by atomic mass is 16.3. The van der Waals surface area contributed by atoms with Gasteiger partial charge in [-0.05, 0) is 93.8 Å². The van der Waals surface area contributed by atoms with Gasteiger partial charge in [0.25, 0.3) is 0 Å². The molecule has 4 aliphatic rings. The Morgan fingerprint density at radius 1 is 1.00 bits per heavy atom. The van der Waals surface area contributed by atoms with Crippen molar-refractivity contribution in [2.24, 2.45) is 34.5 Å². The Morgan fingerprint density at radius 2 is 1.77 bits per heavy atom. The molecular weight excluding hydrogens is 324 g/mol. The van der Waals surface area contributed by atoms with Gasteiger partial charge in [0, 0.05) is 5.41 Å². The zero-order valence-electron chi connectivity index (χ0n) is 16.9. The Morgan fingerprint density at radius 3 is 2.50 bits per heavy atom. The van der Waals surface area contributed by atoms with Gasteiger partial charge < -0.3 is 15.3 Å². The van der Waals surface area contributed by atoms with Crippen molar-refractivity contribution in [3.8, 4) is 0 Å². The Balaban J connectivity index is 1.64. The van der Waals surface area contributed by atoms with Gasteiger partial charge in [0.05, 0.1) is 18.3 Å². The Kier molecular flexibility index (Phi) is 4.61. The molecule has 4 aliphatic carbocycles. The van der Waals surface area contributed by atoms with E-state index in [1.165, 1.54) is 12.8 Å². The van der Waals surface area contributed by atoms with Crippen LogP contribution in [0.15, 0.2) is 11.6 Å². The average Bonchev–Trinajstić information content (AvgIpc) is 2.87. The predicted molar refractivity (Wildman–Crippen MR) is 104 cm³/mol. The summed E-state index contributed by atoms with van der Waals surface area (Å²) in [6.07, 6.45) is 11.7. The lowest BCUT2D eigenvalue weighted by Gasteiger charge is -2.63. The van der Waals surface area contributed by atoms with E-state index in [0.717, 1.165) is 50.5 Å². The van der Waals surface area contributed by atoms with Crippen molar-refractivity contribution in [1.29, 1.82) is 0 Å². The SMILES string of the molecule is C/C(=C\[C@H]1CC[C@]2(O)[C@@H]3CC[C@@H]4C[C@@H](O)CC[C@]4(C)[C@H]3CC[C@]12C)CO. The molecule has 4 fully saturated rings. The van der Waals surface area contributed by atoms with Crippen LogP contribution < -0.4 is 0 Å². The fourth-order valence-electron chi connectivity index (χ4n) is 7.91. The van der Waals surface area contributed by atoms with Gasteiger partial charge in [-0.2, -0.15) is 0 Å².